The van der Waals surface area contributed by atoms with E-state index in [1.807, 2.05) is 0 Å². The molecule has 0 aliphatic carbocycles. The van der Waals surface area contributed by atoms with Crippen LogP contribution in [-0.4, -0.2) is 33.0 Å². The Morgan fingerprint density at radius 2 is 1.65 bits per heavy atom. The van der Waals surface area contributed by atoms with Crippen molar-refractivity contribution in [2.24, 2.45) is 0 Å². The summed E-state index contributed by atoms with van der Waals surface area (Å²) in [7, 11) is 0.0705. The summed E-state index contributed by atoms with van der Waals surface area (Å²) >= 11 is 0. The van der Waals surface area contributed by atoms with Gasteiger partial charge in [-0.05, 0) is 53.5 Å². The average Bonchev–Trinajstić information content (AvgIpc) is 2.31. The third-order valence-electron chi connectivity index (χ3n) is 3.74. The maximum Gasteiger partial charge on any atom is 0.0453 e. The van der Waals surface area contributed by atoms with Gasteiger partial charge in [-0.2, -0.15) is 0 Å². The smallest absolute Gasteiger partial charge is 0.0453 e. The lowest BCUT2D eigenvalue weighted by Gasteiger charge is -2.33. The van der Waals surface area contributed by atoms with E-state index in [1.165, 1.54) is 37.4 Å². The van der Waals surface area contributed by atoms with Crippen molar-refractivity contribution in [1.82, 2.24) is 4.90 Å². The molecule has 0 saturated heterocycles. The molecular weight excluding hydrogens is 222 g/mol. The third-order valence-corrected chi connectivity index (χ3v) is 5.75. The van der Waals surface area contributed by atoms with Crippen molar-refractivity contribution in [1.29, 1.82) is 0 Å². The molecule has 2 unspecified atom stereocenters. The largest absolute Gasteiger partial charge is 0.298 e. The quantitative estimate of drug-likeness (QED) is 0.448. The monoisotopic (exact) mass is 255 g/mol. The van der Waals surface area contributed by atoms with E-state index in [1.54, 1.807) is 0 Å². The minimum absolute atomic E-state index is 0.0705. The second-order valence-corrected chi connectivity index (χ2v) is 7.22. The molecule has 0 aromatic heterocycles. The van der Waals surface area contributed by atoms with Crippen molar-refractivity contribution in [2.45, 2.75) is 78.9 Å². The van der Waals surface area contributed by atoms with Crippen molar-refractivity contribution in [2.75, 3.05) is 6.54 Å². The van der Waals surface area contributed by atoms with Crippen LogP contribution in [0.3, 0.4) is 0 Å². The summed E-state index contributed by atoms with van der Waals surface area (Å²) in [6, 6.07) is 2.96. The molecule has 0 bridgehead atoms. The minimum atomic E-state index is 0.0705. The van der Waals surface area contributed by atoms with Crippen LogP contribution < -0.4 is 0 Å². The molecule has 0 N–H and O–H groups in total. The third kappa shape index (κ3) is 7.77. The molecule has 17 heavy (non-hydrogen) atoms. The van der Waals surface area contributed by atoms with E-state index >= 15 is 0 Å². The molecule has 0 aromatic rings. The van der Waals surface area contributed by atoms with E-state index in [4.69, 9.17) is 0 Å². The molecule has 0 spiro atoms. The van der Waals surface area contributed by atoms with E-state index < -0.39 is 0 Å². The van der Waals surface area contributed by atoms with Crippen molar-refractivity contribution in [3.05, 3.63) is 11.3 Å². The number of rotatable bonds is 9. The SMILES string of the molecule is CCC(C)N(CCC[SiH2]C=C(C)C)C(C)CC. The zero-order valence-electron chi connectivity index (χ0n) is 12.9. The first-order chi connectivity index (χ1) is 8.02. The van der Waals surface area contributed by atoms with Gasteiger partial charge in [-0.3, -0.25) is 4.90 Å². The predicted octanol–water partition coefficient (Wildman–Crippen LogP) is 3.79. The van der Waals surface area contributed by atoms with Gasteiger partial charge in [0.05, 0.1) is 0 Å². The van der Waals surface area contributed by atoms with Crippen LogP contribution in [0.15, 0.2) is 11.3 Å². The average molecular weight is 256 g/mol. The lowest BCUT2D eigenvalue weighted by molar-refractivity contribution is 0.146. The molecule has 0 rings (SSSR count). The number of nitrogens with zero attached hydrogens (tertiary/aromatic N) is 1. The van der Waals surface area contributed by atoms with E-state index in [2.05, 4.69) is 52.1 Å². The topological polar surface area (TPSA) is 3.24 Å². The van der Waals surface area contributed by atoms with Gasteiger partial charge >= 0.3 is 0 Å². The van der Waals surface area contributed by atoms with Gasteiger partial charge in [-0.15, -0.1) is 5.70 Å². The molecule has 2 atom stereocenters. The summed E-state index contributed by atoms with van der Waals surface area (Å²) < 4.78 is 0. The molecule has 0 radical (unpaired) electrons. The van der Waals surface area contributed by atoms with Crippen LogP contribution in [0.4, 0.5) is 0 Å². The minimum Gasteiger partial charge on any atom is -0.298 e. The van der Waals surface area contributed by atoms with Crippen LogP contribution in [0.25, 0.3) is 0 Å². The Morgan fingerprint density at radius 3 is 2.06 bits per heavy atom. The Labute approximate surface area is 111 Å². The Balaban J connectivity index is 3.96. The fourth-order valence-corrected chi connectivity index (χ4v) is 3.47. The van der Waals surface area contributed by atoms with E-state index in [9.17, 15) is 0 Å². The first-order valence-electron chi connectivity index (χ1n) is 7.41. The summed E-state index contributed by atoms with van der Waals surface area (Å²) in [6.07, 6.45) is 3.94. The number of hydrogen-bond donors (Lipinski definition) is 0. The van der Waals surface area contributed by atoms with Crippen molar-refractivity contribution < 1.29 is 0 Å². The highest BCUT2D eigenvalue weighted by molar-refractivity contribution is 6.42. The first-order valence-corrected chi connectivity index (χ1v) is 9.23. The molecule has 1 nitrogen and oxygen atoms in total. The maximum atomic E-state index is 2.71. The van der Waals surface area contributed by atoms with Gasteiger partial charge in [-0.1, -0.05) is 25.5 Å². The summed E-state index contributed by atoms with van der Waals surface area (Å²) in [5.74, 6) is 0. The van der Waals surface area contributed by atoms with Crippen LogP contribution in [0.1, 0.15) is 60.8 Å². The van der Waals surface area contributed by atoms with Crippen LogP contribution in [0, 0.1) is 0 Å². The van der Waals surface area contributed by atoms with E-state index in [-0.39, 0.29) is 9.52 Å². The number of hydrogen-bond acceptors (Lipinski definition) is 1. The Kier molecular flexibility index (Phi) is 9.85. The van der Waals surface area contributed by atoms with Crippen molar-refractivity contribution in [3.8, 4) is 0 Å². The molecule has 0 heterocycles. The van der Waals surface area contributed by atoms with Crippen LogP contribution in [-0.2, 0) is 0 Å². The molecule has 0 saturated carbocycles. The first kappa shape index (κ1) is 16.9. The molecule has 0 aromatic carbocycles. The summed E-state index contributed by atoms with van der Waals surface area (Å²) in [6.45, 7) is 15.1. The molecule has 0 fully saturated rings. The fraction of sp³-hybridized carbons (Fsp3) is 0.867. The number of allylic oxidation sites excluding steroid dienone is 1. The standard InChI is InChI=1S/C15H33NSi/c1-7-14(5)16(15(6)8-2)10-9-11-17-12-13(3)4/h12,14-15H,7-11,17H2,1-6H3. The summed E-state index contributed by atoms with van der Waals surface area (Å²) in [4.78, 5) is 2.71. The van der Waals surface area contributed by atoms with Gasteiger partial charge in [0.2, 0.25) is 0 Å². The lowest BCUT2D eigenvalue weighted by Crippen LogP contribution is -2.40. The molecule has 0 aliphatic heterocycles. The van der Waals surface area contributed by atoms with Crippen LogP contribution in [0.2, 0.25) is 6.04 Å². The van der Waals surface area contributed by atoms with E-state index in [0.717, 1.165) is 12.1 Å². The van der Waals surface area contributed by atoms with Crippen LogP contribution in [0.5, 0.6) is 0 Å². The highest BCUT2D eigenvalue weighted by Gasteiger charge is 2.16. The summed E-state index contributed by atoms with van der Waals surface area (Å²) in [5.41, 5.74) is 4.01. The molecule has 2 heteroatoms. The second kappa shape index (κ2) is 9.90. The summed E-state index contributed by atoms with van der Waals surface area (Å²) in [5, 5.41) is 0. The van der Waals surface area contributed by atoms with Crippen LogP contribution >= 0.6 is 0 Å². The van der Waals surface area contributed by atoms with Gasteiger partial charge in [0.25, 0.3) is 0 Å². The Bertz CT molecular complexity index is 199. The molecule has 102 valence electrons. The van der Waals surface area contributed by atoms with Gasteiger partial charge in [0, 0.05) is 21.6 Å². The molecular formula is C15H33NSi. The van der Waals surface area contributed by atoms with Crippen molar-refractivity contribution in [3.63, 3.8) is 0 Å². The Hall–Kier alpha value is -0.0831. The molecule has 0 aliphatic rings. The molecule has 0 amide bonds. The maximum absolute atomic E-state index is 2.71. The Morgan fingerprint density at radius 1 is 1.12 bits per heavy atom. The van der Waals surface area contributed by atoms with E-state index in [0.29, 0.717) is 0 Å². The zero-order valence-corrected chi connectivity index (χ0v) is 14.3. The van der Waals surface area contributed by atoms with Gasteiger partial charge in [0.15, 0.2) is 0 Å². The second-order valence-electron chi connectivity index (χ2n) is 5.53. The lowest BCUT2D eigenvalue weighted by atomic mass is 10.1. The van der Waals surface area contributed by atoms with Gasteiger partial charge < -0.3 is 0 Å². The fourth-order valence-electron chi connectivity index (χ4n) is 2.17. The van der Waals surface area contributed by atoms with Crippen molar-refractivity contribution >= 4 is 9.52 Å². The highest BCUT2D eigenvalue weighted by Crippen LogP contribution is 2.12. The zero-order chi connectivity index (χ0) is 13.3. The highest BCUT2D eigenvalue weighted by atomic mass is 28.2. The van der Waals surface area contributed by atoms with Gasteiger partial charge in [0.1, 0.15) is 0 Å². The normalized spacial score (nSPS) is 15.5. The predicted molar refractivity (Wildman–Crippen MR) is 83.6 cm³/mol. The van der Waals surface area contributed by atoms with Gasteiger partial charge in [-0.25, -0.2) is 0 Å².